The van der Waals surface area contributed by atoms with Gasteiger partial charge in [0.2, 0.25) is 0 Å². The Bertz CT molecular complexity index is 776. The molecule has 4 rings (SSSR count). The first-order valence-electron chi connectivity index (χ1n) is 10.1. The number of fused-ring (bicyclic) bond motifs is 1. The number of nitrogens with zero attached hydrogens (tertiary/aromatic N) is 2. The minimum absolute atomic E-state index is 0.175. The summed E-state index contributed by atoms with van der Waals surface area (Å²) < 4.78 is 15.9. The van der Waals surface area contributed by atoms with E-state index in [-0.39, 0.29) is 5.82 Å². The molecule has 0 amide bonds. The van der Waals surface area contributed by atoms with Crippen LogP contribution in [0.15, 0.2) is 24.3 Å². The van der Waals surface area contributed by atoms with Crippen molar-refractivity contribution in [2.45, 2.75) is 76.2 Å². The lowest BCUT2D eigenvalue weighted by molar-refractivity contribution is 0.111. The molecule has 0 N–H and O–H groups in total. The molecule has 0 spiro atoms. The normalized spacial score (nSPS) is 21.2. The molecule has 1 atom stereocenters. The van der Waals surface area contributed by atoms with E-state index in [9.17, 15) is 9.18 Å². The van der Waals surface area contributed by atoms with Gasteiger partial charge >= 0.3 is 0 Å². The van der Waals surface area contributed by atoms with Crippen molar-refractivity contribution < 1.29 is 9.18 Å². The van der Waals surface area contributed by atoms with Crippen LogP contribution in [0, 0.1) is 5.82 Å². The van der Waals surface area contributed by atoms with Gasteiger partial charge in [0.15, 0.2) is 6.29 Å². The molecule has 1 fully saturated rings. The maximum atomic E-state index is 13.7. The van der Waals surface area contributed by atoms with E-state index in [4.69, 9.17) is 5.10 Å². The van der Waals surface area contributed by atoms with Gasteiger partial charge in [-0.3, -0.25) is 9.48 Å². The second kappa shape index (κ2) is 7.73. The molecule has 2 aliphatic carbocycles. The number of rotatable bonds is 4. The monoisotopic (exact) mass is 354 g/mol. The number of hydrogen-bond donors (Lipinski definition) is 0. The summed E-state index contributed by atoms with van der Waals surface area (Å²) in [4.78, 5) is 11.7. The third-order valence-electron chi connectivity index (χ3n) is 6.10. The number of aldehydes is 1. The first kappa shape index (κ1) is 17.4. The van der Waals surface area contributed by atoms with Gasteiger partial charge in [0.25, 0.3) is 0 Å². The predicted molar refractivity (Wildman–Crippen MR) is 100 cm³/mol. The maximum Gasteiger partial charge on any atom is 0.170 e. The lowest BCUT2D eigenvalue weighted by Crippen LogP contribution is -2.19. The molecule has 0 aliphatic heterocycles. The summed E-state index contributed by atoms with van der Waals surface area (Å²) in [5.41, 5.74) is 4.09. The van der Waals surface area contributed by atoms with Gasteiger partial charge in [0.1, 0.15) is 11.5 Å². The third kappa shape index (κ3) is 3.46. The van der Waals surface area contributed by atoms with Crippen molar-refractivity contribution >= 4 is 6.29 Å². The van der Waals surface area contributed by atoms with Crippen LogP contribution in [0.1, 0.15) is 90.6 Å². The molecule has 26 heavy (non-hydrogen) atoms. The number of benzene rings is 1. The van der Waals surface area contributed by atoms with E-state index in [1.807, 2.05) is 6.07 Å². The van der Waals surface area contributed by atoms with Crippen molar-refractivity contribution in [1.82, 2.24) is 9.78 Å². The summed E-state index contributed by atoms with van der Waals surface area (Å²) in [6.07, 6.45) is 12.1. The fourth-order valence-corrected chi connectivity index (χ4v) is 4.86. The summed E-state index contributed by atoms with van der Waals surface area (Å²) in [6, 6.07) is 7.36. The third-order valence-corrected chi connectivity index (χ3v) is 6.10. The molecule has 0 bridgehead atoms. The summed E-state index contributed by atoms with van der Waals surface area (Å²) in [6.45, 7) is 0. The molecule has 1 aromatic carbocycles. The fourth-order valence-electron chi connectivity index (χ4n) is 4.86. The standard InChI is InChI=1S/C22H27FN2O/c23-18-9-6-7-16(14-18)13-17-8-4-5-12-20-21(15-26)24-25(22(17)20)19-10-2-1-3-11-19/h6-7,9,14-15,17,19H,1-5,8,10-13H2. The van der Waals surface area contributed by atoms with Gasteiger partial charge < -0.3 is 0 Å². The average molecular weight is 354 g/mol. The first-order chi connectivity index (χ1) is 12.8. The SMILES string of the molecule is O=Cc1nn(C2CCCCC2)c2c1CCCCC2Cc1cccc(F)c1. The maximum absolute atomic E-state index is 13.7. The Hall–Kier alpha value is -1.97. The van der Waals surface area contributed by atoms with Crippen molar-refractivity contribution in [2.75, 3.05) is 0 Å². The Balaban J connectivity index is 1.73. The molecule has 0 radical (unpaired) electrons. The van der Waals surface area contributed by atoms with E-state index >= 15 is 0 Å². The molecule has 2 aliphatic rings. The Kier molecular flexibility index (Phi) is 5.18. The minimum Gasteiger partial charge on any atom is -0.296 e. The average Bonchev–Trinajstić information content (AvgIpc) is 2.91. The molecule has 4 heteroatoms. The second-order valence-corrected chi connectivity index (χ2v) is 7.88. The van der Waals surface area contributed by atoms with E-state index in [0.29, 0.717) is 17.7 Å². The van der Waals surface area contributed by atoms with Crippen LogP contribution in [-0.4, -0.2) is 16.1 Å². The van der Waals surface area contributed by atoms with Crippen LogP contribution in [0.3, 0.4) is 0 Å². The van der Waals surface area contributed by atoms with E-state index < -0.39 is 0 Å². The lowest BCUT2D eigenvalue weighted by Gasteiger charge is -2.27. The number of halogens is 1. The molecule has 1 saturated carbocycles. The first-order valence-corrected chi connectivity index (χ1v) is 10.1. The van der Waals surface area contributed by atoms with Gasteiger partial charge in [0.05, 0.1) is 6.04 Å². The molecule has 3 nitrogen and oxygen atoms in total. The summed E-state index contributed by atoms with van der Waals surface area (Å²) in [5, 5.41) is 4.76. The van der Waals surface area contributed by atoms with Crippen LogP contribution in [-0.2, 0) is 12.8 Å². The fraction of sp³-hybridized carbons (Fsp3) is 0.545. The van der Waals surface area contributed by atoms with Crippen molar-refractivity contribution in [1.29, 1.82) is 0 Å². The van der Waals surface area contributed by atoms with Gasteiger partial charge in [-0.15, -0.1) is 0 Å². The topological polar surface area (TPSA) is 34.9 Å². The summed E-state index contributed by atoms with van der Waals surface area (Å²) >= 11 is 0. The lowest BCUT2D eigenvalue weighted by atomic mass is 9.89. The van der Waals surface area contributed by atoms with Crippen molar-refractivity contribution in [3.63, 3.8) is 0 Å². The van der Waals surface area contributed by atoms with Crippen LogP contribution in [0.4, 0.5) is 4.39 Å². The van der Waals surface area contributed by atoms with Crippen LogP contribution in [0.5, 0.6) is 0 Å². The van der Waals surface area contributed by atoms with E-state index in [0.717, 1.165) is 62.4 Å². The predicted octanol–water partition coefficient (Wildman–Crippen LogP) is 5.39. The van der Waals surface area contributed by atoms with Crippen LogP contribution in [0.2, 0.25) is 0 Å². The highest BCUT2D eigenvalue weighted by Gasteiger charge is 2.30. The number of carbonyl (C=O) groups is 1. The highest BCUT2D eigenvalue weighted by atomic mass is 19.1. The highest BCUT2D eigenvalue weighted by molar-refractivity contribution is 5.75. The van der Waals surface area contributed by atoms with Crippen LogP contribution < -0.4 is 0 Å². The Morgan fingerprint density at radius 3 is 2.69 bits per heavy atom. The van der Waals surface area contributed by atoms with Gasteiger partial charge in [0, 0.05) is 17.2 Å². The summed E-state index contributed by atoms with van der Waals surface area (Å²) in [5.74, 6) is 0.142. The largest absolute Gasteiger partial charge is 0.296 e. The van der Waals surface area contributed by atoms with Crippen LogP contribution >= 0.6 is 0 Å². The zero-order valence-electron chi connectivity index (χ0n) is 15.3. The molecule has 0 saturated heterocycles. The van der Waals surface area contributed by atoms with Crippen LogP contribution in [0.25, 0.3) is 0 Å². The molecule has 2 aromatic rings. The smallest absolute Gasteiger partial charge is 0.170 e. The van der Waals surface area contributed by atoms with Crippen molar-refractivity contribution in [3.05, 3.63) is 52.6 Å². The Morgan fingerprint density at radius 1 is 1.12 bits per heavy atom. The molecule has 138 valence electrons. The molecule has 1 heterocycles. The van der Waals surface area contributed by atoms with E-state index in [1.165, 1.54) is 31.0 Å². The van der Waals surface area contributed by atoms with E-state index in [2.05, 4.69) is 4.68 Å². The van der Waals surface area contributed by atoms with Gasteiger partial charge in [-0.05, 0) is 56.2 Å². The minimum atomic E-state index is -0.175. The second-order valence-electron chi connectivity index (χ2n) is 7.88. The van der Waals surface area contributed by atoms with E-state index in [1.54, 1.807) is 12.1 Å². The number of carbonyl (C=O) groups excluding carboxylic acids is 1. The zero-order valence-corrected chi connectivity index (χ0v) is 15.3. The zero-order chi connectivity index (χ0) is 17.9. The van der Waals surface area contributed by atoms with Crippen molar-refractivity contribution in [3.8, 4) is 0 Å². The number of hydrogen-bond acceptors (Lipinski definition) is 2. The molecular weight excluding hydrogens is 327 g/mol. The molecule has 1 aromatic heterocycles. The van der Waals surface area contributed by atoms with Gasteiger partial charge in [-0.2, -0.15) is 5.10 Å². The van der Waals surface area contributed by atoms with Gasteiger partial charge in [-0.25, -0.2) is 4.39 Å². The molecule has 1 unspecified atom stereocenters. The van der Waals surface area contributed by atoms with Crippen molar-refractivity contribution in [2.24, 2.45) is 0 Å². The van der Waals surface area contributed by atoms with Gasteiger partial charge in [-0.1, -0.05) is 37.8 Å². The quantitative estimate of drug-likeness (QED) is 0.545. The Morgan fingerprint density at radius 2 is 1.92 bits per heavy atom. The number of aromatic nitrogens is 2. The Labute approximate surface area is 154 Å². The highest BCUT2D eigenvalue weighted by Crippen LogP contribution is 2.38. The molecular formula is C22H27FN2O. The summed E-state index contributed by atoms with van der Waals surface area (Å²) in [7, 11) is 0.